The summed E-state index contributed by atoms with van der Waals surface area (Å²) in [6.07, 6.45) is 1.82. The summed E-state index contributed by atoms with van der Waals surface area (Å²) in [5.74, 6) is -2.48. The van der Waals surface area contributed by atoms with Gasteiger partial charge in [0.05, 0.1) is 27.5 Å². The number of nitrogens with one attached hydrogen (secondary N) is 3. The van der Waals surface area contributed by atoms with Gasteiger partial charge in [0.25, 0.3) is 6.02 Å². The molecule has 3 heterocycles. The van der Waals surface area contributed by atoms with Crippen LogP contribution in [0.4, 0.5) is 8.78 Å². The number of carbonyl (C=O) groups is 1. The number of aromatic amines is 1. The van der Waals surface area contributed by atoms with Gasteiger partial charge in [-0.2, -0.15) is 0 Å². The Balaban J connectivity index is 1.78. The second kappa shape index (κ2) is 7.71. The minimum atomic E-state index is -0.844. The number of nitrogens with zero attached hydrogens (tertiary/aromatic N) is 2. The largest absolute Gasteiger partial charge is 0.407 e. The highest BCUT2D eigenvalue weighted by molar-refractivity contribution is 6.30. The van der Waals surface area contributed by atoms with E-state index in [1.54, 1.807) is 12.1 Å². The molecule has 1 fully saturated rings. The van der Waals surface area contributed by atoms with Crippen molar-refractivity contribution in [3.63, 3.8) is 0 Å². The molecule has 0 spiro atoms. The van der Waals surface area contributed by atoms with Crippen LogP contribution in [0.1, 0.15) is 12.0 Å². The molecular weight excluding hydrogens is 418 g/mol. The number of aliphatic imine (C=N–C) groups is 1. The maximum Gasteiger partial charge on any atom is 0.289 e. The van der Waals surface area contributed by atoms with E-state index in [4.69, 9.17) is 27.5 Å². The fourth-order valence-corrected chi connectivity index (χ4v) is 3.32. The van der Waals surface area contributed by atoms with Gasteiger partial charge in [0.2, 0.25) is 11.8 Å². The van der Waals surface area contributed by atoms with E-state index < -0.39 is 29.6 Å². The molecule has 0 bridgehead atoms. The summed E-state index contributed by atoms with van der Waals surface area (Å²) < 4.78 is 33.5. The summed E-state index contributed by atoms with van der Waals surface area (Å²) in [7, 11) is 0. The van der Waals surface area contributed by atoms with Gasteiger partial charge in [-0.3, -0.25) is 15.2 Å². The summed E-state index contributed by atoms with van der Waals surface area (Å²) in [6, 6.07) is 3.78. The highest BCUT2D eigenvalue weighted by Crippen LogP contribution is 2.32. The second-order valence-corrected chi connectivity index (χ2v) is 6.98. The zero-order valence-corrected chi connectivity index (χ0v) is 16.1. The third-order valence-corrected chi connectivity index (χ3v) is 4.77. The number of nitrogens with two attached hydrogens (primary N) is 1. The number of ether oxygens (including phenoxy) is 1. The average molecular weight is 433 g/mol. The number of pyridine rings is 1. The highest BCUT2D eigenvalue weighted by atomic mass is 35.5. The van der Waals surface area contributed by atoms with Gasteiger partial charge < -0.3 is 20.8 Å². The van der Waals surface area contributed by atoms with Gasteiger partial charge in [0.1, 0.15) is 17.7 Å². The minimum absolute atomic E-state index is 0.0304. The molecule has 1 aliphatic rings. The molecule has 1 atom stereocenters. The van der Waals surface area contributed by atoms with Gasteiger partial charge in [0.15, 0.2) is 0 Å². The highest BCUT2D eigenvalue weighted by Gasteiger charge is 2.26. The number of fused-ring (bicyclic) bond motifs is 1. The molecule has 5 N–H and O–H groups in total. The maximum atomic E-state index is 14.3. The Morgan fingerprint density at radius 2 is 2.17 bits per heavy atom. The van der Waals surface area contributed by atoms with Crippen LogP contribution in [-0.2, 0) is 9.53 Å². The first kappa shape index (κ1) is 19.8. The van der Waals surface area contributed by atoms with E-state index in [-0.39, 0.29) is 28.1 Å². The summed E-state index contributed by atoms with van der Waals surface area (Å²) in [6.45, 7) is 0.463. The third-order valence-electron chi connectivity index (χ3n) is 4.54. The van der Waals surface area contributed by atoms with Crippen LogP contribution in [0.3, 0.4) is 0 Å². The fourth-order valence-electron chi connectivity index (χ4n) is 3.21. The average Bonchev–Trinajstić information content (AvgIpc) is 3.26. The van der Waals surface area contributed by atoms with E-state index in [1.165, 1.54) is 6.20 Å². The molecule has 4 rings (SSSR count). The van der Waals surface area contributed by atoms with Gasteiger partial charge in [-0.15, -0.1) is 0 Å². The van der Waals surface area contributed by atoms with Crippen molar-refractivity contribution < 1.29 is 18.3 Å². The molecule has 154 valence electrons. The van der Waals surface area contributed by atoms with Gasteiger partial charge in [-0.05, 0) is 24.6 Å². The molecule has 11 heteroatoms. The summed E-state index contributed by atoms with van der Waals surface area (Å²) in [5, 5.41) is 11.4. The van der Waals surface area contributed by atoms with E-state index >= 15 is 0 Å². The number of amides is 1. The number of benzene rings is 1. The van der Waals surface area contributed by atoms with Crippen molar-refractivity contribution in [2.75, 3.05) is 6.54 Å². The van der Waals surface area contributed by atoms with Gasteiger partial charge >= 0.3 is 0 Å². The van der Waals surface area contributed by atoms with Crippen LogP contribution in [0.2, 0.25) is 5.02 Å². The van der Waals surface area contributed by atoms with E-state index in [1.807, 2.05) is 0 Å². The van der Waals surface area contributed by atoms with Gasteiger partial charge in [-0.25, -0.2) is 13.8 Å². The first-order valence-electron chi connectivity index (χ1n) is 8.84. The molecule has 1 saturated heterocycles. The Labute approximate surface area is 173 Å². The van der Waals surface area contributed by atoms with Gasteiger partial charge in [0, 0.05) is 24.2 Å². The first-order valence-corrected chi connectivity index (χ1v) is 9.21. The summed E-state index contributed by atoms with van der Waals surface area (Å²) >= 11 is 5.87. The number of aromatic nitrogens is 2. The number of rotatable bonds is 3. The van der Waals surface area contributed by atoms with Crippen molar-refractivity contribution in [2.24, 2.45) is 10.7 Å². The van der Waals surface area contributed by atoms with Crippen LogP contribution in [0.15, 0.2) is 35.5 Å². The monoisotopic (exact) mass is 432 g/mol. The minimum Gasteiger partial charge on any atom is -0.407 e. The lowest BCUT2D eigenvalue weighted by atomic mass is 10.1. The zero-order valence-electron chi connectivity index (χ0n) is 15.3. The molecule has 1 aromatic carbocycles. The molecule has 1 amide bonds. The third kappa shape index (κ3) is 3.69. The van der Waals surface area contributed by atoms with Crippen LogP contribution >= 0.6 is 11.6 Å². The predicted molar refractivity (Wildman–Crippen MR) is 107 cm³/mol. The lowest BCUT2D eigenvalue weighted by Gasteiger charge is -2.09. The van der Waals surface area contributed by atoms with Crippen molar-refractivity contribution >= 4 is 40.3 Å². The molecular formula is C19H15ClF2N6O2. The van der Waals surface area contributed by atoms with E-state index in [2.05, 4.69) is 20.3 Å². The molecule has 30 heavy (non-hydrogen) atoms. The molecule has 1 unspecified atom stereocenters. The Hall–Kier alpha value is -3.53. The van der Waals surface area contributed by atoms with Crippen LogP contribution in [0.25, 0.3) is 22.3 Å². The van der Waals surface area contributed by atoms with Crippen LogP contribution in [-0.4, -0.2) is 40.4 Å². The number of amidine groups is 1. The second-order valence-electron chi connectivity index (χ2n) is 6.54. The van der Waals surface area contributed by atoms with Crippen LogP contribution in [0.5, 0.6) is 0 Å². The number of carbonyl (C=O) groups excluding carboxylic acids is 1. The topological polar surface area (TPSA) is 129 Å². The van der Waals surface area contributed by atoms with E-state index in [0.717, 1.165) is 12.1 Å². The molecule has 0 saturated carbocycles. The summed E-state index contributed by atoms with van der Waals surface area (Å²) in [5.41, 5.74) is 6.29. The molecule has 8 nitrogen and oxygen atoms in total. The summed E-state index contributed by atoms with van der Waals surface area (Å²) in [4.78, 5) is 22.6. The lowest BCUT2D eigenvalue weighted by Crippen LogP contribution is -2.27. The molecule has 3 aromatic rings. The van der Waals surface area contributed by atoms with Crippen molar-refractivity contribution in [1.82, 2.24) is 15.3 Å². The van der Waals surface area contributed by atoms with Crippen molar-refractivity contribution in [1.29, 1.82) is 5.41 Å². The lowest BCUT2D eigenvalue weighted by molar-refractivity contribution is -0.120. The number of H-pyrrole nitrogens is 1. The normalized spacial score (nSPS) is 16.7. The Morgan fingerprint density at radius 1 is 1.37 bits per heavy atom. The quantitative estimate of drug-likeness (QED) is 0.374. The first-order chi connectivity index (χ1) is 14.3. The van der Waals surface area contributed by atoms with Crippen molar-refractivity contribution in [3.8, 4) is 11.4 Å². The number of halogens is 3. The van der Waals surface area contributed by atoms with Crippen LogP contribution in [0, 0.1) is 17.0 Å². The predicted octanol–water partition coefficient (Wildman–Crippen LogP) is 2.71. The van der Waals surface area contributed by atoms with Gasteiger partial charge in [-0.1, -0.05) is 11.6 Å². The van der Waals surface area contributed by atoms with E-state index in [9.17, 15) is 13.6 Å². The maximum absolute atomic E-state index is 14.3. The Morgan fingerprint density at radius 3 is 2.83 bits per heavy atom. The standard InChI is InChI=1S/C19H15ClF2N6O2/c20-8-1-2-12(26-7-8)16-14(10-5-9(21)6-11(22)15(10)28-16)17(23)30-19(24)27-13-3-4-25-18(13)29/h1-2,5-7,13,23,28H,3-4H2,(H2,24,27)(H,25,29). The number of hydrogen-bond donors (Lipinski definition) is 4. The zero-order chi connectivity index (χ0) is 21.4. The Kier molecular flexibility index (Phi) is 5.08. The SMILES string of the molecule is N=C(OC(N)=NC1CCNC1=O)c1c(-c2ccc(Cl)cn2)[nH]c2c(F)cc(F)cc12. The Bertz CT molecular complexity index is 1190. The number of hydrogen-bond acceptors (Lipinski definition) is 5. The van der Waals surface area contributed by atoms with Crippen molar-refractivity contribution in [3.05, 3.63) is 52.7 Å². The smallest absolute Gasteiger partial charge is 0.289 e. The molecule has 0 radical (unpaired) electrons. The molecule has 1 aliphatic heterocycles. The van der Waals surface area contributed by atoms with E-state index in [0.29, 0.717) is 23.7 Å². The van der Waals surface area contributed by atoms with Crippen molar-refractivity contribution in [2.45, 2.75) is 12.5 Å². The fraction of sp³-hybridized carbons (Fsp3) is 0.158. The molecule has 0 aliphatic carbocycles. The molecule has 2 aromatic heterocycles. The van der Waals surface area contributed by atoms with Crippen LogP contribution < -0.4 is 11.1 Å².